The molecule has 0 aromatic carbocycles. The molecule has 0 aliphatic carbocycles. The van der Waals surface area contributed by atoms with Gasteiger partial charge in [0.1, 0.15) is 16.1 Å². The van der Waals surface area contributed by atoms with E-state index in [1.54, 1.807) is 10.7 Å². The highest BCUT2D eigenvalue weighted by molar-refractivity contribution is 9.10. The first-order valence-corrected chi connectivity index (χ1v) is 6.67. The van der Waals surface area contributed by atoms with Gasteiger partial charge in [0.2, 0.25) is 0 Å². The summed E-state index contributed by atoms with van der Waals surface area (Å²) in [4.78, 5) is 6.82. The van der Waals surface area contributed by atoms with Crippen molar-refractivity contribution in [3.63, 3.8) is 0 Å². The number of nitrogen functional groups attached to an aromatic ring is 1. The third-order valence-corrected chi connectivity index (χ3v) is 4.07. The first-order chi connectivity index (χ1) is 8.58. The molecule has 1 saturated heterocycles. The van der Waals surface area contributed by atoms with Crippen LogP contribution in [0.25, 0.3) is 5.65 Å². The molecule has 3 rings (SSSR count). The highest BCUT2D eigenvalue weighted by atomic mass is 79.9. The maximum absolute atomic E-state index is 6.09. The van der Waals surface area contributed by atoms with Crippen molar-refractivity contribution in [1.29, 1.82) is 0 Å². The van der Waals surface area contributed by atoms with Crippen molar-refractivity contribution in [3.8, 4) is 0 Å². The number of hydrogen-bond acceptors (Lipinski definition) is 5. The molecule has 0 radical (unpaired) electrons. The molecule has 0 bridgehead atoms. The second-order valence-corrected chi connectivity index (χ2v) is 5.49. The van der Waals surface area contributed by atoms with Gasteiger partial charge in [0, 0.05) is 24.7 Å². The molecular weight excluding hydrogens is 296 g/mol. The molecule has 0 saturated carbocycles. The number of hydrogen-bond donors (Lipinski definition) is 2. The molecule has 18 heavy (non-hydrogen) atoms. The van der Waals surface area contributed by atoms with Crippen LogP contribution in [0.4, 0.5) is 11.6 Å². The third-order valence-electron chi connectivity index (χ3n) is 3.31. The minimum absolute atomic E-state index is 0.210. The number of nitrogens with zero attached hydrogens (tertiary/aromatic N) is 4. The summed E-state index contributed by atoms with van der Waals surface area (Å²) in [5.41, 5.74) is 13.8. The normalized spacial score (nSPS) is 19.9. The van der Waals surface area contributed by atoms with E-state index in [0.29, 0.717) is 5.82 Å². The summed E-state index contributed by atoms with van der Waals surface area (Å²) >= 11 is 3.51. The minimum Gasteiger partial charge on any atom is -0.383 e. The van der Waals surface area contributed by atoms with Gasteiger partial charge in [-0.05, 0) is 29.3 Å². The van der Waals surface area contributed by atoms with E-state index in [0.717, 1.165) is 41.0 Å². The molecule has 0 spiro atoms. The molecule has 1 aliphatic rings. The standard InChI is InChI=1S/C11H15BrN6/c1-6-4-15-18-9(14)8(12)11(16-10(6)18)17-3-2-7(13)5-17/h4,7H,2-3,5,13-14H2,1H3/t7-/m0/s1. The minimum atomic E-state index is 0.210. The average Bonchev–Trinajstić information content (AvgIpc) is 2.91. The molecule has 3 heterocycles. The van der Waals surface area contributed by atoms with Crippen LogP contribution in [0, 0.1) is 6.92 Å². The molecular formula is C11H15BrN6. The maximum Gasteiger partial charge on any atom is 0.162 e. The number of halogens is 1. The highest BCUT2D eigenvalue weighted by Crippen LogP contribution is 2.32. The van der Waals surface area contributed by atoms with Crippen molar-refractivity contribution in [2.75, 3.05) is 23.7 Å². The van der Waals surface area contributed by atoms with Crippen LogP contribution in [-0.4, -0.2) is 33.7 Å². The fourth-order valence-corrected chi connectivity index (χ4v) is 2.79. The van der Waals surface area contributed by atoms with Crippen LogP contribution in [0.1, 0.15) is 12.0 Å². The first kappa shape index (κ1) is 11.7. The SMILES string of the molecule is Cc1cnn2c(N)c(Br)c(N3CC[C@H](N)C3)nc12. The Labute approximate surface area is 113 Å². The summed E-state index contributed by atoms with van der Waals surface area (Å²) in [6.07, 6.45) is 2.75. The Bertz CT molecular complexity index is 607. The molecule has 2 aromatic heterocycles. The van der Waals surface area contributed by atoms with Gasteiger partial charge in [0.15, 0.2) is 5.65 Å². The lowest BCUT2D eigenvalue weighted by atomic mass is 10.3. The molecule has 0 amide bonds. The molecule has 1 aliphatic heterocycles. The van der Waals surface area contributed by atoms with Gasteiger partial charge in [-0.15, -0.1) is 0 Å². The molecule has 96 valence electrons. The van der Waals surface area contributed by atoms with Crippen molar-refractivity contribution in [3.05, 3.63) is 16.2 Å². The smallest absolute Gasteiger partial charge is 0.162 e. The largest absolute Gasteiger partial charge is 0.383 e. The van der Waals surface area contributed by atoms with E-state index in [1.807, 2.05) is 6.92 Å². The van der Waals surface area contributed by atoms with Crippen molar-refractivity contribution in [2.24, 2.45) is 5.73 Å². The average molecular weight is 311 g/mol. The van der Waals surface area contributed by atoms with E-state index >= 15 is 0 Å². The van der Waals surface area contributed by atoms with Gasteiger partial charge in [-0.3, -0.25) is 0 Å². The molecule has 2 aromatic rings. The van der Waals surface area contributed by atoms with Gasteiger partial charge in [-0.1, -0.05) is 0 Å². The Kier molecular flexibility index (Phi) is 2.67. The van der Waals surface area contributed by atoms with Crippen LogP contribution in [-0.2, 0) is 0 Å². The zero-order chi connectivity index (χ0) is 12.9. The molecule has 4 N–H and O–H groups in total. The topological polar surface area (TPSA) is 85.5 Å². The van der Waals surface area contributed by atoms with E-state index in [4.69, 9.17) is 11.5 Å². The number of nitrogens with two attached hydrogens (primary N) is 2. The van der Waals surface area contributed by atoms with Gasteiger partial charge in [0.25, 0.3) is 0 Å². The van der Waals surface area contributed by atoms with Crippen molar-refractivity contribution in [1.82, 2.24) is 14.6 Å². The van der Waals surface area contributed by atoms with E-state index in [2.05, 4.69) is 30.9 Å². The lowest BCUT2D eigenvalue weighted by Crippen LogP contribution is -2.27. The lowest BCUT2D eigenvalue weighted by Gasteiger charge is -2.19. The van der Waals surface area contributed by atoms with Gasteiger partial charge in [-0.2, -0.15) is 9.61 Å². The number of aromatic nitrogens is 3. The summed E-state index contributed by atoms with van der Waals surface area (Å²) in [6, 6.07) is 0.210. The fourth-order valence-electron chi connectivity index (χ4n) is 2.28. The number of fused-ring (bicyclic) bond motifs is 1. The second-order valence-electron chi connectivity index (χ2n) is 4.69. The van der Waals surface area contributed by atoms with Crippen LogP contribution in [0.5, 0.6) is 0 Å². The summed E-state index contributed by atoms with van der Waals surface area (Å²) in [7, 11) is 0. The van der Waals surface area contributed by atoms with Gasteiger partial charge in [0.05, 0.1) is 6.20 Å². The Morgan fingerprint density at radius 3 is 2.94 bits per heavy atom. The van der Waals surface area contributed by atoms with Crippen LogP contribution >= 0.6 is 15.9 Å². The molecule has 0 unspecified atom stereocenters. The van der Waals surface area contributed by atoms with Crippen LogP contribution in [0.2, 0.25) is 0 Å². The predicted molar refractivity (Wildman–Crippen MR) is 74.6 cm³/mol. The number of anilines is 2. The fraction of sp³-hybridized carbons (Fsp3) is 0.455. The monoisotopic (exact) mass is 310 g/mol. The Morgan fingerprint density at radius 1 is 1.50 bits per heavy atom. The van der Waals surface area contributed by atoms with Gasteiger partial charge >= 0.3 is 0 Å². The highest BCUT2D eigenvalue weighted by Gasteiger charge is 2.24. The summed E-state index contributed by atoms with van der Waals surface area (Å²) in [6.45, 7) is 3.70. The molecule has 1 fully saturated rings. The first-order valence-electron chi connectivity index (χ1n) is 5.87. The Morgan fingerprint density at radius 2 is 2.28 bits per heavy atom. The third kappa shape index (κ3) is 1.65. The van der Waals surface area contributed by atoms with Crippen molar-refractivity contribution in [2.45, 2.75) is 19.4 Å². The molecule has 1 atom stereocenters. The molecule has 7 heteroatoms. The quantitative estimate of drug-likeness (QED) is 0.818. The van der Waals surface area contributed by atoms with Crippen molar-refractivity contribution < 1.29 is 0 Å². The Balaban J connectivity index is 2.17. The van der Waals surface area contributed by atoms with Gasteiger partial charge in [-0.25, -0.2) is 4.98 Å². The summed E-state index contributed by atoms with van der Waals surface area (Å²) < 4.78 is 2.44. The van der Waals surface area contributed by atoms with Crippen LogP contribution < -0.4 is 16.4 Å². The summed E-state index contributed by atoms with van der Waals surface area (Å²) in [5, 5.41) is 4.22. The van der Waals surface area contributed by atoms with Crippen LogP contribution in [0.15, 0.2) is 10.7 Å². The number of aryl methyl sites for hydroxylation is 1. The maximum atomic E-state index is 6.09. The van der Waals surface area contributed by atoms with Crippen molar-refractivity contribution >= 4 is 33.2 Å². The van der Waals surface area contributed by atoms with E-state index < -0.39 is 0 Å². The number of rotatable bonds is 1. The molecule has 6 nitrogen and oxygen atoms in total. The van der Waals surface area contributed by atoms with E-state index in [-0.39, 0.29) is 6.04 Å². The second kappa shape index (κ2) is 4.10. The van der Waals surface area contributed by atoms with Gasteiger partial charge < -0.3 is 16.4 Å². The Hall–Kier alpha value is -1.34. The zero-order valence-electron chi connectivity index (χ0n) is 10.1. The lowest BCUT2D eigenvalue weighted by molar-refractivity contribution is 0.751. The van der Waals surface area contributed by atoms with E-state index in [9.17, 15) is 0 Å². The summed E-state index contributed by atoms with van der Waals surface area (Å²) in [5.74, 6) is 1.43. The zero-order valence-corrected chi connectivity index (χ0v) is 11.7. The van der Waals surface area contributed by atoms with Crippen LogP contribution in [0.3, 0.4) is 0 Å². The predicted octanol–water partition coefficient (Wildman–Crippen LogP) is 0.920. The van der Waals surface area contributed by atoms with E-state index in [1.165, 1.54) is 0 Å².